The molecule has 0 aliphatic carbocycles. The topological polar surface area (TPSA) is 37.8 Å². The van der Waals surface area contributed by atoms with Crippen molar-refractivity contribution in [1.29, 1.82) is 0 Å². The Morgan fingerprint density at radius 1 is 1.50 bits per heavy atom. The van der Waals surface area contributed by atoms with E-state index in [1.165, 1.54) is 16.2 Å². The first-order valence-electron chi connectivity index (χ1n) is 4.03. The Morgan fingerprint density at radius 2 is 2.36 bits per heavy atom. The molecule has 74 valence electrons. The molecule has 0 radical (unpaired) electrons. The van der Waals surface area contributed by atoms with Crippen molar-refractivity contribution in [3.63, 3.8) is 0 Å². The van der Waals surface area contributed by atoms with Crippen LogP contribution in [0.3, 0.4) is 0 Å². The van der Waals surface area contributed by atoms with E-state index in [0.717, 1.165) is 9.47 Å². The summed E-state index contributed by atoms with van der Waals surface area (Å²) in [6.07, 6.45) is 0. The number of nitrogens with one attached hydrogen (secondary N) is 1. The van der Waals surface area contributed by atoms with E-state index in [1.807, 2.05) is 12.1 Å². The van der Waals surface area contributed by atoms with Crippen LogP contribution in [0.2, 0.25) is 4.34 Å². The molecule has 1 N–H and O–H groups in total. The summed E-state index contributed by atoms with van der Waals surface area (Å²) in [4.78, 5) is 1.20. The smallest absolute Gasteiger partial charge is 0.205 e. The second-order valence-corrected chi connectivity index (χ2v) is 5.33. The van der Waals surface area contributed by atoms with Crippen molar-refractivity contribution in [1.82, 2.24) is 10.2 Å². The maximum atomic E-state index is 5.85. The van der Waals surface area contributed by atoms with Crippen LogP contribution in [0.25, 0.3) is 0 Å². The van der Waals surface area contributed by atoms with Gasteiger partial charge >= 0.3 is 0 Å². The lowest BCUT2D eigenvalue weighted by Crippen LogP contribution is -2.04. The SMILES string of the molecule is CC(Nc1nncs1)c1ccc(Cl)s1. The summed E-state index contributed by atoms with van der Waals surface area (Å²) in [7, 11) is 0. The molecule has 2 heterocycles. The molecule has 0 saturated carbocycles. The molecule has 0 aromatic carbocycles. The van der Waals surface area contributed by atoms with Crippen LogP contribution >= 0.6 is 34.3 Å². The predicted molar refractivity (Wildman–Crippen MR) is 61.3 cm³/mol. The van der Waals surface area contributed by atoms with Gasteiger partial charge in [-0.25, -0.2) is 0 Å². The van der Waals surface area contributed by atoms with Crippen molar-refractivity contribution in [2.24, 2.45) is 0 Å². The maximum absolute atomic E-state index is 5.85. The van der Waals surface area contributed by atoms with Crippen LogP contribution < -0.4 is 5.32 Å². The van der Waals surface area contributed by atoms with Gasteiger partial charge in [0.05, 0.1) is 10.4 Å². The summed E-state index contributed by atoms with van der Waals surface area (Å²) in [5.74, 6) is 0. The van der Waals surface area contributed by atoms with Crippen molar-refractivity contribution < 1.29 is 0 Å². The molecule has 2 aromatic rings. The van der Waals surface area contributed by atoms with Gasteiger partial charge < -0.3 is 5.32 Å². The first-order chi connectivity index (χ1) is 6.75. The van der Waals surface area contributed by atoms with Crippen LogP contribution in [0.4, 0.5) is 5.13 Å². The Kier molecular flexibility index (Phi) is 3.00. The Bertz CT molecular complexity index is 398. The van der Waals surface area contributed by atoms with Gasteiger partial charge in [0, 0.05) is 4.88 Å². The fourth-order valence-corrected chi connectivity index (χ4v) is 2.65. The molecule has 1 atom stereocenters. The number of anilines is 1. The molecule has 0 amide bonds. The van der Waals surface area contributed by atoms with Crippen LogP contribution in [-0.2, 0) is 0 Å². The molecular weight excluding hydrogens is 238 g/mol. The Morgan fingerprint density at radius 3 is 2.93 bits per heavy atom. The highest BCUT2D eigenvalue weighted by Gasteiger charge is 2.09. The van der Waals surface area contributed by atoms with E-state index in [2.05, 4.69) is 22.4 Å². The minimum Gasteiger partial charge on any atom is -0.353 e. The van der Waals surface area contributed by atoms with Gasteiger partial charge in [0.15, 0.2) is 0 Å². The zero-order valence-electron chi connectivity index (χ0n) is 7.40. The van der Waals surface area contributed by atoms with E-state index in [0.29, 0.717) is 0 Å². The highest BCUT2D eigenvalue weighted by Crippen LogP contribution is 2.28. The number of nitrogens with zero attached hydrogens (tertiary/aromatic N) is 2. The standard InChI is InChI=1S/C8H8ClN3S2/c1-5(6-2-3-7(9)14-6)11-8-12-10-4-13-8/h2-5H,1H3,(H,11,12). The van der Waals surface area contributed by atoms with Crippen molar-refractivity contribution in [2.75, 3.05) is 5.32 Å². The van der Waals surface area contributed by atoms with Crippen molar-refractivity contribution in [3.8, 4) is 0 Å². The van der Waals surface area contributed by atoms with Crippen LogP contribution in [-0.4, -0.2) is 10.2 Å². The largest absolute Gasteiger partial charge is 0.353 e. The maximum Gasteiger partial charge on any atom is 0.205 e. The Labute approximate surface area is 94.8 Å². The number of thiophene rings is 1. The molecule has 3 nitrogen and oxygen atoms in total. The normalized spacial score (nSPS) is 12.7. The number of halogens is 1. The summed E-state index contributed by atoms with van der Waals surface area (Å²) >= 11 is 8.92. The average Bonchev–Trinajstić information content (AvgIpc) is 2.75. The molecule has 1 unspecified atom stereocenters. The monoisotopic (exact) mass is 245 g/mol. The van der Waals surface area contributed by atoms with E-state index in [1.54, 1.807) is 16.8 Å². The summed E-state index contributed by atoms with van der Waals surface area (Å²) < 4.78 is 0.811. The molecule has 0 fully saturated rings. The molecule has 2 rings (SSSR count). The van der Waals surface area contributed by atoms with Crippen molar-refractivity contribution >= 4 is 39.4 Å². The van der Waals surface area contributed by atoms with E-state index in [-0.39, 0.29) is 6.04 Å². The summed E-state index contributed by atoms with van der Waals surface area (Å²) in [6.45, 7) is 2.07. The molecular formula is C8H8ClN3S2. The van der Waals surface area contributed by atoms with Crippen molar-refractivity contribution in [3.05, 3.63) is 26.9 Å². The Hall–Kier alpha value is -0.650. The second-order valence-electron chi connectivity index (χ2n) is 2.75. The first-order valence-corrected chi connectivity index (χ1v) is 6.11. The third kappa shape index (κ3) is 2.23. The Balaban J connectivity index is 2.06. The highest BCUT2D eigenvalue weighted by molar-refractivity contribution is 7.16. The van der Waals surface area contributed by atoms with Gasteiger partial charge in [-0.15, -0.1) is 21.5 Å². The van der Waals surface area contributed by atoms with Gasteiger partial charge in [0.1, 0.15) is 5.51 Å². The summed E-state index contributed by atoms with van der Waals surface area (Å²) in [5, 5.41) is 11.8. The lowest BCUT2D eigenvalue weighted by atomic mass is 10.3. The minimum absolute atomic E-state index is 0.223. The molecule has 0 aliphatic heterocycles. The first kappa shape index (κ1) is 9.89. The van der Waals surface area contributed by atoms with Crippen molar-refractivity contribution in [2.45, 2.75) is 13.0 Å². The van der Waals surface area contributed by atoms with Gasteiger partial charge in [-0.3, -0.25) is 0 Å². The van der Waals surface area contributed by atoms with Gasteiger partial charge in [-0.2, -0.15) is 0 Å². The lowest BCUT2D eigenvalue weighted by molar-refractivity contribution is 0.894. The molecule has 6 heteroatoms. The fraction of sp³-hybridized carbons (Fsp3) is 0.250. The summed E-state index contributed by atoms with van der Waals surface area (Å²) in [6, 6.07) is 4.14. The second kappa shape index (κ2) is 4.25. The molecule has 0 saturated heterocycles. The third-order valence-electron chi connectivity index (χ3n) is 1.72. The molecule has 14 heavy (non-hydrogen) atoms. The molecule has 0 bridgehead atoms. The third-order valence-corrected chi connectivity index (χ3v) is 3.76. The zero-order chi connectivity index (χ0) is 9.97. The van der Waals surface area contributed by atoms with Gasteiger partial charge in [0.25, 0.3) is 0 Å². The number of aromatic nitrogens is 2. The van der Waals surface area contributed by atoms with Crippen LogP contribution in [0.5, 0.6) is 0 Å². The van der Waals surface area contributed by atoms with Gasteiger partial charge in [-0.05, 0) is 19.1 Å². The number of hydrogen-bond donors (Lipinski definition) is 1. The molecule has 0 spiro atoms. The predicted octanol–water partition coefficient (Wildman–Crippen LogP) is 3.43. The van der Waals surface area contributed by atoms with Gasteiger partial charge in [0.2, 0.25) is 5.13 Å². The van der Waals surface area contributed by atoms with Crippen LogP contribution in [0.1, 0.15) is 17.8 Å². The highest BCUT2D eigenvalue weighted by atomic mass is 35.5. The summed E-state index contributed by atoms with van der Waals surface area (Å²) in [5.41, 5.74) is 1.70. The quantitative estimate of drug-likeness (QED) is 0.900. The van der Waals surface area contributed by atoms with E-state index >= 15 is 0 Å². The van der Waals surface area contributed by atoms with E-state index in [9.17, 15) is 0 Å². The molecule has 2 aromatic heterocycles. The lowest BCUT2D eigenvalue weighted by Gasteiger charge is -2.09. The number of hydrogen-bond acceptors (Lipinski definition) is 5. The average molecular weight is 246 g/mol. The zero-order valence-corrected chi connectivity index (χ0v) is 9.79. The molecule has 0 aliphatic rings. The van der Waals surface area contributed by atoms with E-state index in [4.69, 9.17) is 11.6 Å². The number of rotatable bonds is 3. The van der Waals surface area contributed by atoms with Crippen LogP contribution in [0, 0.1) is 0 Å². The van der Waals surface area contributed by atoms with Gasteiger partial charge in [-0.1, -0.05) is 22.9 Å². The minimum atomic E-state index is 0.223. The van der Waals surface area contributed by atoms with E-state index < -0.39 is 0 Å². The van der Waals surface area contributed by atoms with Crippen LogP contribution in [0.15, 0.2) is 17.6 Å². The fourth-order valence-electron chi connectivity index (χ4n) is 1.05.